The Balaban J connectivity index is 1.65. The Morgan fingerprint density at radius 3 is 2.86 bits per heavy atom. The van der Waals surface area contributed by atoms with Gasteiger partial charge in [-0.25, -0.2) is 4.79 Å². The normalized spacial score (nSPS) is 18.5. The fourth-order valence-corrected chi connectivity index (χ4v) is 2.44. The minimum Gasteiger partial charge on any atom is -0.464 e. The number of carbonyl (C=O) groups excluding carboxylic acids is 1. The number of urea groups is 1. The van der Waals surface area contributed by atoms with Crippen LogP contribution in [0.5, 0.6) is 0 Å². The lowest BCUT2D eigenvalue weighted by atomic mass is 10.2. The van der Waals surface area contributed by atoms with Crippen molar-refractivity contribution in [1.29, 1.82) is 0 Å². The monoisotopic (exact) mass is 304 g/mol. The number of amides is 2. The van der Waals surface area contributed by atoms with E-state index in [1.165, 1.54) is 0 Å². The van der Waals surface area contributed by atoms with Gasteiger partial charge in [0.25, 0.3) is 0 Å². The van der Waals surface area contributed by atoms with Crippen molar-refractivity contribution in [1.82, 2.24) is 14.7 Å². The number of ether oxygens (including phenoxy) is 1. The maximum absolute atomic E-state index is 12.3. The molecule has 2 amide bonds. The molecule has 3 rings (SSSR count). The number of hydrogen-bond donors (Lipinski definition) is 1. The molecule has 1 atom stereocenters. The van der Waals surface area contributed by atoms with Crippen LogP contribution in [0.2, 0.25) is 0 Å². The highest BCUT2D eigenvalue weighted by Crippen LogP contribution is 2.24. The average molecular weight is 304 g/mol. The van der Waals surface area contributed by atoms with Crippen molar-refractivity contribution in [2.45, 2.75) is 20.0 Å². The number of morpholine rings is 1. The van der Waals surface area contributed by atoms with Gasteiger partial charge in [-0.05, 0) is 26.0 Å². The van der Waals surface area contributed by atoms with E-state index < -0.39 is 0 Å². The van der Waals surface area contributed by atoms with Crippen LogP contribution >= 0.6 is 0 Å². The quantitative estimate of drug-likeness (QED) is 0.923. The molecule has 7 heteroatoms. The Bertz CT molecular complexity index is 657. The Morgan fingerprint density at radius 2 is 2.23 bits per heavy atom. The van der Waals surface area contributed by atoms with Crippen LogP contribution < -0.4 is 5.32 Å². The minimum atomic E-state index is -0.223. The van der Waals surface area contributed by atoms with E-state index in [0.717, 1.165) is 17.2 Å². The summed E-state index contributed by atoms with van der Waals surface area (Å²) in [6.45, 7) is 5.32. The smallest absolute Gasteiger partial charge is 0.323 e. The van der Waals surface area contributed by atoms with Crippen LogP contribution in [0.4, 0.5) is 10.6 Å². The fourth-order valence-electron chi connectivity index (χ4n) is 2.44. The predicted octanol–water partition coefficient (Wildman–Crippen LogP) is 2.24. The first-order chi connectivity index (χ1) is 10.5. The van der Waals surface area contributed by atoms with Gasteiger partial charge in [-0.2, -0.15) is 5.10 Å². The lowest BCUT2D eigenvalue weighted by molar-refractivity contribution is -0.0246. The molecule has 1 unspecified atom stereocenters. The number of carbonyl (C=O) groups is 1. The molecule has 1 aliphatic rings. The topological polar surface area (TPSA) is 72.5 Å². The van der Waals surface area contributed by atoms with Gasteiger partial charge >= 0.3 is 6.03 Å². The van der Waals surface area contributed by atoms with Gasteiger partial charge in [0.1, 0.15) is 17.6 Å². The number of nitrogens with one attached hydrogen (secondary N) is 1. The first-order valence-electron chi connectivity index (χ1n) is 7.27. The van der Waals surface area contributed by atoms with E-state index in [4.69, 9.17) is 9.15 Å². The number of aromatic nitrogens is 2. The summed E-state index contributed by atoms with van der Waals surface area (Å²) in [6.07, 6.45) is -0.223. The fraction of sp³-hybridized carbons (Fsp3) is 0.467. The van der Waals surface area contributed by atoms with Crippen LogP contribution in [-0.2, 0) is 11.8 Å². The summed E-state index contributed by atoms with van der Waals surface area (Å²) >= 11 is 0. The summed E-state index contributed by atoms with van der Waals surface area (Å²) in [5, 5.41) is 7.05. The zero-order chi connectivity index (χ0) is 15.7. The van der Waals surface area contributed by atoms with Crippen molar-refractivity contribution < 1.29 is 13.9 Å². The summed E-state index contributed by atoms with van der Waals surface area (Å²) < 4.78 is 13.0. The first kappa shape index (κ1) is 14.6. The standard InChI is InChI=1S/C15H20N4O3/c1-10-8-14(17-18(10)3)16-15(20)19-6-7-21-13(9-19)12-5-4-11(2)22-12/h4-5,8,13H,6-7,9H2,1-3H3,(H,16,17,20). The van der Waals surface area contributed by atoms with Crippen molar-refractivity contribution in [2.24, 2.45) is 7.05 Å². The summed E-state index contributed by atoms with van der Waals surface area (Å²) in [5.74, 6) is 2.15. The van der Waals surface area contributed by atoms with Gasteiger partial charge in [0.15, 0.2) is 5.82 Å². The van der Waals surface area contributed by atoms with Crippen LogP contribution in [0.15, 0.2) is 22.6 Å². The van der Waals surface area contributed by atoms with Gasteiger partial charge in [-0.15, -0.1) is 0 Å². The number of rotatable bonds is 2. The Hall–Kier alpha value is -2.28. The van der Waals surface area contributed by atoms with Crippen molar-refractivity contribution in [3.05, 3.63) is 35.4 Å². The third-order valence-corrected chi connectivity index (χ3v) is 3.78. The summed E-state index contributed by atoms with van der Waals surface area (Å²) in [6, 6.07) is 5.46. The molecular formula is C15H20N4O3. The second-order valence-electron chi connectivity index (χ2n) is 5.48. The molecule has 0 saturated carbocycles. The lowest BCUT2D eigenvalue weighted by Gasteiger charge is -2.31. The van der Waals surface area contributed by atoms with Gasteiger partial charge in [-0.3, -0.25) is 10.00 Å². The van der Waals surface area contributed by atoms with E-state index in [-0.39, 0.29) is 12.1 Å². The van der Waals surface area contributed by atoms with Gasteiger partial charge in [0.2, 0.25) is 0 Å². The SMILES string of the molecule is Cc1ccc(C2CN(C(=O)Nc3cc(C)n(C)n3)CCO2)o1. The molecule has 0 bridgehead atoms. The second-order valence-corrected chi connectivity index (χ2v) is 5.48. The minimum absolute atomic E-state index is 0.172. The molecule has 0 aromatic carbocycles. The maximum Gasteiger partial charge on any atom is 0.323 e. The molecule has 2 aromatic heterocycles. The van der Waals surface area contributed by atoms with Crippen molar-refractivity contribution in [3.63, 3.8) is 0 Å². The van der Waals surface area contributed by atoms with E-state index in [1.54, 1.807) is 9.58 Å². The van der Waals surface area contributed by atoms with Crippen LogP contribution in [-0.4, -0.2) is 40.4 Å². The molecule has 0 spiro atoms. The lowest BCUT2D eigenvalue weighted by Crippen LogP contribution is -2.44. The molecule has 118 valence electrons. The average Bonchev–Trinajstić information content (AvgIpc) is 3.06. The molecule has 0 radical (unpaired) electrons. The summed E-state index contributed by atoms with van der Waals surface area (Å²) in [5.41, 5.74) is 0.987. The zero-order valence-electron chi connectivity index (χ0n) is 13.0. The Morgan fingerprint density at radius 1 is 1.41 bits per heavy atom. The molecular weight excluding hydrogens is 284 g/mol. The third kappa shape index (κ3) is 2.99. The van der Waals surface area contributed by atoms with Gasteiger partial charge in [0, 0.05) is 25.4 Å². The summed E-state index contributed by atoms with van der Waals surface area (Å²) in [4.78, 5) is 14.1. The van der Waals surface area contributed by atoms with Crippen molar-refractivity contribution in [2.75, 3.05) is 25.0 Å². The maximum atomic E-state index is 12.3. The highest BCUT2D eigenvalue weighted by molar-refractivity contribution is 5.88. The third-order valence-electron chi connectivity index (χ3n) is 3.78. The van der Waals surface area contributed by atoms with E-state index in [2.05, 4.69) is 10.4 Å². The Kier molecular flexibility index (Phi) is 3.89. The van der Waals surface area contributed by atoms with Gasteiger partial charge < -0.3 is 14.1 Å². The number of hydrogen-bond acceptors (Lipinski definition) is 4. The number of furan rings is 1. The molecule has 7 nitrogen and oxygen atoms in total. The van der Waals surface area contributed by atoms with Crippen LogP contribution in [0.1, 0.15) is 23.3 Å². The van der Waals surface area contributed by atoms with Crippen LogP contribution in [0, 0.1) is 13.8 Å². The first-order valence-corrected chi connectivity index (χ1v) is 7.27. The zero-order valence-corrected chi connectivity index (χ0v) is 13.0. The highest BCUT2D eigenvalue weighted by atomic mass is 16.5. The number of aryl methyl sites for hydroxylation is 3. The second kappa shape index (κ2) is 5.84. The largest absolute Gasteiger partial charge is 0.464 e. The molecule has 1 fully saturated rings. The molecule has 1 N–H and O–H groups in total. The van der Waals surface area contributed by atoms with Crippen LogP contribution in [0.25, 0.3) is 0 Å². The molecule has 2 aromatic rings. The van der Waals surface area contributed by atoms with E-state index >= 15 is 0 Å². The molecule has 0 aliphatic carbocycles. The van der Waals surface area contributed by atoms with Gasteiger partial charge in [0.05, 0.1) is 13.2 Å². The number of anilines is 1. The van der Waals surface area contributed by atoms with E-state index in [0.29, 0.717) is 25.5 Å². The Labute approximate surface area is 128 Å². The molecule has 1 saturated heterocycles. The molecule has 22 heavy (non-hydrogen) atoms. The van der Waals surface area contributed by atoms with E-state index in [9.17, 15) is 4.79 Å². The van der Waals surface area contributed by atoms with Crippen molar-refractivity contribution in [3.8, 4) is 0 Å². The van der Waals surface area contributed by atoms with Crippen molar-refractivity contribution >= 4 is 11.8 Å². The highest BCUT2D eigenvalue weighted by Gasteiger charge is 2.27. The predicted molar refractivity (Wildman–Crippen MR) is 80.7 cm³/mol. The summed E-state index contributed by atoms with van der Waals surface area (Å²) in [7, 11) is 1.84. The number of nitrogens with zero attached hydrogens (tertiary/aromatic N) is 3. The van der Waals surface area contributed by atoms with Crippen LogP contribution in [0.3, 0.4) is 0 Å². The van der Waals surface area contributed by atoms with E-state index in [1.807, 2.05) is 39.1 Å². The molecule has 1 aliphatic heterocycles. The molecule has 3 heterocycles. The van der Waals surface area contributed by atoms with Gasteiger partial charge in [-0.1, -0.05) is 0 Å².